The van der Waals surface area contributed by atoms with Gasteiger partial charge in [-0.2, -0.15) is 0 Å². The van der Waals surface area contributed by atoms with Crippen LogP contribution >= 0.6 is 0 Å². The van der Waals surface area contributed by atoms with Gasteiger partial charge in [0.2, 0.25) is 11.8 Å². The molecule has 1 heterocycles. The van der Waals surface area contributed by atoms with Crippen LogP contribution in [0, 0.1) is 11.8 Å². The summed E-state index contributed by atoms with van der Waals surface area (Å²) < 4.78 is 0. The van der Waals surface area contributed by atoms with Gasteiger partial charge in [-0.05, 0) is 18.4 Å². The van der Waals surface area contributed by atoms with E-state index in [1.165, 1.54) is 0 Å². The molecule has 0 spiro atoms. The van der Waals surface area contributed by atoms with E-state index < -0.39 is 0 Å². The van der Waals surface area contributed by atoms with Crippen LogP contribution in [-0.4, -0.2) is 29.8 Å². The molecule has 0 aromatic heterocycles. The first-order valence-corrected chi connectivity index (χ1v) is 8.23. The number of rotatable bonds is 7. The molecular formula is C18H26N2O2. The number of nitrogens with zero attached hydrogens (tertiary/aromatic N) is 1. The number of hydrogen-bond acceptors (Lipinski definition) is 2. The summed E-state index contributed by atoms with van der Waals surface area (Å²) in [6.07, 6.45) is 2.27. The highest BCUT2D eigenvalue weighted by Gasteiger charge is 2.30. The Morgan fingerprint density at radius 1 is 1.27 bits per heavy atom. The number of carbonyl (C=O) groups is 2. The van der Waals surface area contributed by atoms with Gasteiger partial charge in [-0.3, -0.25) is 9.59 Å². The molecule has 1 unspecified atom stereocenters. The van der Waals surface area contributed by atoms with Gasteiger partial charge in [0.25, 0.3) is 0 Å². The first kappa shape index (κ1) is 16.5. The molecule has 0 radical (unpaired) electrons. The second-order valence-electron chi connectivity index (χ2n) is 6.09. The van der Waals surface area contributed by atoms with Crippen LogP contribution in [-0.2, 0) is 16.1 Å². The number of hydrogen-bond donors (Lipinski definition) is 1. The van der Waals surface area contributed by atoms with Crippen LogP contribution in [0.2, 0.25) is 0 Å². The third-order valence-electron chi connectivity index (χ3n) is 4.43. The lowest BCUT2D eigenvalue weighted by molar-refractivity contribution is -0.128. The van der Waals surface area contributed by atoms with Crippen molar-refractivity contribution in [3.05, 3.63) is 35.9 Å². The number of amides is 2. The Balaban J connectivity index is 1.81. The fourth-order valence-electron chi connectivity index (χ4n) is 3.00. The molecule has 1 fully saturated rings. The maximum absolute atomic E-state index is 12.1. The predicted octanol–water partition coefficient (Wildman–Crippen LogP) is 2.59. The van der Waals surface area contributed by atoms with Gasteiger partial charge in [0, 0.05) is 37.9 Å². The van der Waals surface area contributed by atoms with Gasteiger partial charge in [0.1, 0.15) is 0 Å². The van der Waals surface area contributed by atoms with Crippen molar-refractivity contribution in [2.75, 3.05) is 13.1 Å². The van der Waals surface area contributed by atoms with E-state index >= 15 is 0 Å². The topological polar surface area (TPSA) is 49.4 Å². The van der Waals surface area contributed by atoms with Crippen LogP contribution in [0.4, 0.5) is 0 Å². The molecule has 1 saturated heterocycles. The van der Waals surface area contributed by atoms with Crippen molar-refractivity contribution in [2.45, 2.75) is 39.7 Å². The third-order valence-corrected chi connectivity index (χ3v) is 4.43. The van der Waals surface area contributed by atoms with E-state index in [4.69, 9.17) is 0 Å². The molecule has 1 N–H and O–H groups in total. The molecule has 4 heteroatoms. The molecule has 2 rings (SSSR count). The highest BCUT2D eigenvalue weighted by atomic mass is 16.2. The minimum absolute atomic E-state index is 0.0949. The summed E-state index contributed by atoms with van der Waals surface area (Å²) in [5.74, 6) is 0.636. The van der Waals surface area contributed by atoms with E-state index in [0.717, 1.165) is 24.9 Å². The zero-order valence-electron chi connectivity index (χ0n) is 13.5. The Labute approximate surface area is 132 Å². The Bertz CT molecular complexity index is 497. The van der Waals surface area contributed by atoms with Crippen molar-refractivity contribution in [1.29, 1.82) is 0 Å². The van der Waals surface area contributed by atoms with E-state index in [-0.39, 0.29) is 23.7 Å². The van der Waals surface area contributed by atoms with Gasteiger partial charge in [0.05, 0.1) is 0 Å². The summed E-state index contributed by atoms with van der Waals surface area (Å²) in [6, 6.07) is 10.0. The fraction of sp³-hybridized carbons (Fsp3) is 0.556. The molecule has 0 saturated carbocycles. The third kappa shape index (κ3) is 4.33. The molecule has 1 atom stereocenters. The van der Waals surface area contributed by atoms with Crippen molar-refractivity contribution in [3.63, 3.8) is 0 Å². The maximum Gasteiger partial charge on any atom is 0.223 e. The Kier molecular flexibility index (Phi) is 5.99. The van der Waals surface area contributed by atoms with Crippen LogP contribution in [0.5, 0.6) is 0 Å². The van der Waals surface area contributed by atoms with E-state index in [1.54, 1.807) is 0 Å². The molecule has 1 aliphatic rings. The van der Waals surface area contributed by atoms with Crippen LogP contribution in [0.25, 0.3) is 0 Å². The summed E-state index contributed by atoms with van der Waals surface area (Å²) in [4.78, 5) is 26.0. The molecule has 0 bridgehead atoms. The number of nitrogens with one attached hydrogen (secondary N) is 1. The largest absolute Gasteiger partial charge is 0.356 e. The lowest BCUT2D eigenvalue weighted by Crippen LogP contribution is -2.35. The summed E-state index contributed by atoms with van der Waals surface area (Å²) in [6.45, 7) is 6.07. The number of carbonyl (C=O) groups excluding carboxylic acids is 2. The molecule has 22 heavy (non-hydrogen) atoms. The smallest absolute Gasteiger partial charge is 0.223 e. The lowest BCUT2D eigenvalue weighted by Gasteiger charge is -2.18. The fourth-order valence-corrected chi connectivity index (χ4v) is 3.00. The van der Waals surface area contributed by atoms with Gasteiger partial charge in [-0.15, -0.1) is 0 Å². The Hall–Kier alpha value is -1.84. The van der Waals surface area contributed by atoms with E-state index in [1.807, 2.05) is 49.1 Å². The molecule has 0 aliphatic carbocycles. The average molecular weight is 302 g/mol. The predicted molar refractivity (Wildman–Crippen MR) is 87.0 cm³/mol. The second-order valence-corrected chi connectivity index (χ2v) is 6.09. The Morgan fingerprint density at radius 3 is 2.59 bits per heavy atom. The SMILES string of the molecule is CCC(CC)C(=O)NCC1CC(=O)N(Cc2ccccc2)C1. The zero-order chi connectivity index (χ0) is 15.9. The van der Waals surface area contributed by atoms with Crippen LogP contribution in [0.3, 0.4) is 0 Å². The maximum atomic E-state index is 12.1. The number of likely N-dealkylation sites (tertiary alicyclic amines) is 1. The number of benzene rings is 1. The van der Waals surface area contributed by atoms with E-state index in [0.29, 0.717) is 19.5 Å². The molecule has 1 aromatic carbocycles. The molecule has 1 aromatic rings. The van der Waals surface area contributed by atoms with Gasteiger partial charge >= 0.3 is 0 Å². The second kappa shape index (κ2) is 7.97. The van der Waals surface area contributed by atoms with Crippen molar-refractivity contribution in [3.8, 4) is 0 Å². The zero-order valence-corrected chi connectivity index (χ0v) is 13.5. The van der Waals surface area contributed by atoms with Crippen molar-refractivity contribution < 1.29 is 9.59 Å². The van der Waals surface area contributed by atoms with Gasteiger partial charge in [0.15, 0.2) is 0 Å². The highest BCUT2D eigenvalue weighted by Crippen LogP contribution is 2.20. The highest BCUT2D eigenvalue weighted by molar-refractivity contribution is 5.80. The summed E-state index contributed by atoms with van der Waals surface area (Å²) in [7, 11) is 0. The minimum atomic E-state index is 0.0949. The van der Waals surface area contributed by atoms with Gasteiger partial charge < -0.3 is 10.2 Å². The van der Waals surface area contributed by atoms with Gasteiger partial charge in [-0.1, -0.05) is 44.2 Å². The quantitative estimate of drug-likeness (QED) is 0.841. The monoisotopic (exact) mass is 302 g/mol. The standard InChI is InChI=1S/C18H26N2O2/c1-3-16(4-2)18(22)19-11-15-10-17(21)20(13-15)12-14-8-6-5-7-9-14/h5-9,15-16H,3-4,10-13H2,1-2H3,(H,19,22). The molecule has 1 aliphatic heterocycles. The molecule has 2 amide bonds. The van der Waals surface area contributed by atoms with Gasteiger partial charge in [-0.25, -0.2) is 0 Å². The molecule has 4 nitrogen and oxygen atoms in total. The lowest BCUT2D eigenvalue weighted by atomic mass is 10.0. The molecule has 120 valence electrons. The van der Waals surface area contributed by atoms with Crippen molar-refractivity contribution in [2.24, 2.45) is 11.8 Å². The summed E-state index contributed by atoms with van der Waals surface area (Å²) in [5.41, 5.74) is 1.15. The average Bonchev–Trinajstić information content (AvgIpc) is 2.87. The van der Waals surface area contributed by atoms with E-state index in [2.05, 4.69) is 5.32 Å². The minimum Gasteiger partial charge on any atom is -0.356 e. The van der Waals surface area contributed by atoms with Crippen molar-refractivity contribution >= 4 is 11.8 Å². The Morgan fingerprint density at radius 2 is 1.95 bits per heavy atom. The van der Waals surface area contributed by atoms with Crippen LogP contribution < -0.4 is 5.32 Å². The van der Waals surface area contributed by atoms with Crippen molar-refractivity contribution in [1.82, 2.24) is 10.2 Å². The first-order valence-electron chi connectivity index (χ1n) is 8.23. The summed E-state index contributed by atoms with van der Waals surface area (Å²) >= 11 is 0. The first-order chi connectivity index (χ1) is 10.6. The van der Waals surface area contributed by atoms with Crippen LogP contribution in [0.1, 0.15) is 38.7 Å². The van der Waals surface area contributed by atoms with Crippen LogP contribution in [0.15, 0.2) is 30.3 Å². The molecular weight excluding hydrogens is 276 g/mol. The normalized spacial score (nSPS) is 18.0. The van der Waals surface area contributed by atoms with E-state index in [9.17, 15) is 9.59 Å². The summed E-state index contributed by atoms with van der Waals surface area (Å²) in [5, 5.41) is 3.01.